The van der Waals surface area contributed by atoms with E-state index in [0.29, 0.717) is 30.0 Å². The van der Waals surface area contributed by atoms with Gasteiger partial charge in [0.15, 0.2) is 13.2 Å². The van der Waals surface area contributed by atoms with Crippen molar-refractivity contribution in [1.82, 2.24) is 5.32 Å². The van der Waals surface area contributed by atoms with E-state index < -0.39 is 24.0 Å². The molecule has 0 unspecified atom stereocenters. The third-order valence-corrected chi connectivity index (χ3v) is 5.20. The number of nitriles is 1. The summed E-state index contributed by atoms with van der Waals surface area (Å²) < 4.78 is 15.6. The van der Waals surface area contributed by atoms with Crippen LogP contribution in [-0.4, -0.2) is 43.6 Å². The molecular formula is C24H25N3O6. The predicted octanol–water partition coefficient (Wildman–Crippen LogP) is 2.82. The van der Waals surface area contributed by atoms with Crippen molar-refractivity contribution in [2.45, 2.75) is 31.2 Å². The van der Waals surface area contributed by atoms with Crippen LogP contribution in [0.3, 0.4) is 0 Å². The number of esters is 1. The van der Waals surface area contributed by atoms with Gasteiger partial charge in [-0.25, -0.2) is 4.79 Å². The highest BCUT2D eigenvalue weighted by molar-refractivity contribution is 5.92. The minimum Gasteiger partial charge on any atom is -0.497 e. The number of carbonyl (C=O) groups excluding carboxylic acids is 3. The highest BCUT2D eigenvalue weighted by Crippen LogP contribution is 2.28. The number of hydrogen-bond acceptors (Lipinski definition) is 7. The lowest BCUT2D eigenvalue weighted by Gasteiger charge is -2.21. The molecule has 1 aliphatic carbocycles. The van der Waals surface area contributed by atoms with Gasteiger partial charge in [-0.2, -0.15) is 5.26 Å². The van der Waals surface area contributed by atoms with Gasteiger partial charge >= 0.3 is 5.97 Å². The summed E-state index contributed by atoms with van der Waals surface area (Å²) in [5.41, 5.74) is -0.0491. The number of hydrogen-bond donors (Lipinski definition) is 2. The maximum absolute atomic E-state index is 12.2. The van der Waals surface area contributed by atoms with Crippen LogP contribution in [0.4, 0.5) is 5.69 Å². The molecule has 0 aromatic heterocycles. The topological polar surface area (TPSA) is 127 Å². The molecule has 33 heavy (non-hydrogen) atoms. The summed E-state index contributed by atoms with van der Waals surface area (Å²) in [4.78, 5) is 36.3. The first-order valence-electron chi connectivity index (χ1n) is 10.5. The molecule has 2 aromatic carbocycles. The van der Waals surface area contributed by atoms with Gasteiger partial charge in [-0.15, -0.1) is 0 Å². The van der Waals surface area contributed by atoms with Crippen LogP contribution in [0.25, 0.3) is 0 Å². The molecule has 0 saturated heterocycles. The zero-order chi connectivity index (χ0) is 23.7. The van der Waals surface area contributed by atoms with Crippen LogP contribution in [0, 0.1) is 11.3 Å². The predicted molar refractivity (Wildman–Crippen MR) is 119 cm³/mol. The normalized spacial score (nSPS) is 13.9. The van der Waals surface area contributed by atoms with Gasteiger partial charge in [0.2, 0.25) is 0 Å². The number of ether oxygens (including phenoxy) is 3. The van der Waals surface area contributed by atoms with Crippen LogP contribution in [0.5, 0.6) is 11.5 Å². The Morgan fingerprint density at radius 1 is 1.00 bits per heavy atom. The summed E-state index contributed by atoms with van der Waals surface area (Å²) >= 11 is 0. The Balaban J connectivity index is 1.43. The van der Waals surface area contributed by atoms with Crippen molar-refractivity contribution < 1.29 is 28.6 Å². The molecule has 3 rings (SSSR count). The number of methoxy groups -OCH3 is 1. The first kappa shape index (κ1) is 23.6. The lowest BCUT2D eigenvalue weighted by molar-refractivity contribution is -0.125. The largest absolute Gasteiger partial charge is 0.497 e. The molecule has 9 heteroatoms. The molecular weight excluding hydrogens is 426 g/mol. The Kier molecular flexibility index (Phi) is 7.86. The maximum atomic E-state index is 12.2. The molecule has 1 saturated carbocycles. The van der Waals surface area contributed by atoms with E-state index in [1.807, 2.05) is 0 Å². The number of carbonyl (C=O) groups is 3. The highest BCUT2D eigenvalue weighted by Gasteiger charge is 2.35. The Morgan fingerprint density at radius 2 is 1.73 bits per heavy atom. The van der Waals surface area contributed by atoms with Crippen LogP contribution >= 0.6 is 0 Å². The smallest absolute Gasteiger partial charge is 0.338 e. The Hall–Kier alpha value is -4.06. The van der Waals surface area contributed by atoms with E-state index in [4.69, 9.17) is 14.2 Å². The van der Waals surface area contributed by atoms with Crippen LogP contribution < -0.4 is 20.1 Å². The molecule has 0 spiro atoms. The zero-order valence-electron chi connectivity index (χ0n) is 18.3. The lowest BCUT2D eigenvalue weighted by atomic mass is 10.00. The van der Waals surface area contributed by atoms with Gasteiger partial charge in [-0.1, -0.05) is 6.07 Å². The summed E-state index contributed by atoms with van der Waals surface area (Å²) in [7, 11) is 1.54. The van der Waals surface area contributed by atoms with Gasteiger partial charge in [-0.3, -0.25) is 9.59 Å². The van der Waals surface area contributed by atoms with Crippen molar-refractivity contribution in [3.05, 3.63) is 54.1 Å². The van der Waals surface area contributed by atoms with Gasteiger partial charge in [0, 0.05) is 11.8 Å². The fourth-order valence-corrected chi connectivity index (χ4v) is 3.49. The van der Waals surface area contributed by atoms with E-state index in [-0.39, 0.29) is 18.1 Å². The van der Waals surface area contributed by atoms with Crippen molar-refractivity contribution in [3.8, 4) is 17.6 Å². The molecule has 1 fully saturated rings. The second kappa shape index (κ2) is 11.0. The molecule has 1 aliphatic rings. The van der Waals surface area contributed by atoms with Crippen LogP contribution in [-0.2, 0) is 14.3 Å². The van der Waals surface area contributed by atoms with E-state index in [0.717, 1.165) is 12.8 Å². The second-order valence-corrected chi connectivity index (χ2v) is 7.62. The molecule has 0 heterocycles. The molecule has 9 nitrogen and oxygen atoms in total. The fraction of sp³-hybridized carbons (Fsp3) is 0.333. The molecule has 2 aromatic rings. The highest BCUT2D eigenvalue weighted by atomic mass is 16.5. The van der Waals surface area contributed by atoms with E-state index in [2.05, 4.69) is 16.7 Å². The van der Waals surface area contributed by atoms with E-state index >= 15 is 0 Å². The van der Waals surface area contributed by atoms with Crippen LogP contribution in [0.1, 0.15) is 36.0 Å². The van der Waals surface area contributed by atoms with Gasteiger partial charge in [0.1, 0.15) is 17.0 Å². The Labute approximate surface area is 191 Å². The summed E-state index contributed by atoms with van der Waals surface area (Å²) in [6.45, 7) is -0.688. The number of benzene rings is 2. The van der Waals surface area contributed by atoms with Crippen LogP contribution in [0.15, 0.2) is 48.5 Å². The van der Waals surface area contributed by atoms with Gasteiger partial charge in [0.25, 0.3) is 11.8 Å². The second-order valence-electron chi connectivity index (χ2n) is 7.62. The number of nitrogens with one attached hydrogen (secondary N) is 2. The van der Waals surface area contributed by atoms with Crippen LogP contribution in [0.2, 0.25) is 0 Å². The third-order valence-electron chi connectivity index (χ3n) is 5.20. The van der Waals surface area contributed by atoms with E-state index in [1.54, 1.807) is 31.4 Å². The molecule has 0 bridgehead atoms. The fourth-order valence-electron chi connectivity index (χ4n) is 3.49. The summed E-state index contributed by atoms with van der Waals surface area (Å²) in [5, 5.41) is 14.7. The molecule has 0 atom stereocenters. The van der Waals surface area contributed by atoms with E-state index in [1.165, 1.54) is 24.3 Å². The maximum Gasteiger partial charge on any atom is 0.338 e. The van der Waals surface area contributed by atoms with Gasteiger partial charge < -0.3 is 24.8 Å². The average molecular weight is 451 g/mol. The SMILES string of the molecule is COc1cccc(NC(=O)COc2ccc(C(=O)OCC(=O)NC3(C#N)CCCC3)cc2)c1. The first-order chi connectivity index (χ1) is 15.9. The minimum atomic E-state index is -0.860. The van der Waals surface area contributed by atoms with E-state index in [9.17, 15) is 19.6 Å². The molecule has 0 aliphatic heterocycles. The van der Waals surface area contributed by atoms with Gasteiger partial charge in [-0.05, 0) is 62.1 Å². The molecule has 172 valence electrons. The first-order valence-corrected chi connectivity index (χ1v) is 10.5. The standard InChI is InChI=1S/C24H25N3O6/c1-31-20-6-4-5-18(13-20)26-21(28)14-32-19-9-7-17(8-10-19)23(30)33-15-22(29)27-24(16-25)11-2-3-12-24/h4-10,13H,2-3,11-12,14-15H2,1H3,(H,26,28)(H,27,29). The number of rotatable bonds is 9. The number of anilines is 1. The summed E-state index contributed by atoms with van der Waals surface area (Å²) in [6.07, 6.45) is 2.96. The number of nitrogens with zero attached hydrogens (tertiary/aromatic N) is 1. The van der Waals surface area contributed by atoms with Crippen molar-refractivity contribution in [3.63, 3.8) is 0 Å². The summed E-state index contributed by atoms with van der Waals surface area (Å²) in [5.74, 6) is -0.520. The summed E-state index contributed by atoms with van der Waals surface area (Å²) in [6, 6.07) is 15.1. The zero-order valence-corrected chi connectivity index (χ0v) is 18.3. The molecule has 2 amide bonds. The Bertz CT molecular complexity index is 1040. The van der Waals surface area contributed by atoms with Crippen molar-refractivity contribution >= 4 is 23.5 Å². The average Bonchev–Trinajstić information content (AvgIpc) is 3.30. The van der Waals surface area contributed by atoms with Crippen molar-refractivity contribution in [2.24, 2.45) is 0 Å². The number of amides is 2. The molecule has 2 N–H and O–H groups in total. The van der Waals surface area contributed by atoms with Crippen molar-refractivity contribution in [1.29, 1.82) is 5.26 Å². The Morgan fingerprint density at radius 3 is 2.39 bits per heavy atom. The quantitative estimate of drug-likeness (QED) is 0.561. The third kappa shape index (κ3) is 6.71. The minimum absolute atomic E-state index is 0.220. The van der Waals surface area contributed by atoms with Gasteiger partial charge in [0.05, 0.1) is 18.7 Å². The lowest BCUT2D eigenvalue weighted by Crippen LogP contribution is -2.46. The molecule has 0 radical (unpaired) electrons. The monoisotopic (exact) mass is 451 g/mol. The van der Waals surface area contributed by atoms with Crippen molar-refractivity contribution in [2.75, 3.05) is 25.6 Å².